The minimum atomic E-state index is 0.639. The number of ether oxygens (including phenoxy) is 1. The van der Waals surface area contributed by atoms with Crippen molar-refractivity contribution in [3.05, 3.63) is 23.2 Å². The second kappa shape index (κ2) is 6.86. The highest BCUT2D eigenvalue weighted by Gasteiger charge is 2.12. The fourth-order valence-electron chi connectivity index (χ4n) is 2.24. The van der Waals surface area contributed by atoms with E-state index in [9.17, 15) is 0 Å². The third-order valence-corrected chi connectivity index (χ3v) is 3.52. The van der Waals surface area contributed by atoms with Crippen molar-refractivity contribution in [2.24, 2.45) is 5.92 Å². The molecule has 0 amide bonds. The van der Waals surface area contributed by atoms with Gasteiger partial charge < -0.3 is 15.4 Å². The van der Waals surface area contributed by atoms with Crippen LogP contribution in [0.2, 0.25) is 5.02 Å². The van der Waals surface area contributed by atoms with Crippen LogP contribution in [0, 0.1) is 5.92 Å². The van der Waals surface area contributed by atoms with E-state index in [2.05, 4.69) is 10.6 Å². The molecule has 2 rings (SSSR count). The molecule has 1 saturated heterocycles. The fraction of sp³-hybridized carbons (Fsp3) is 0.571. The van der Waals surface area contributed by atoms with Crippen LogP contribution >= 0.6 is 11.6 Å². The smallest absolute Gasteiger partial charge is 0.138 e. The highest BCUT2D eigenvalue weighted by molar-refractivity contribution is 6.32. The van der Waals surface area contributed by atoms with Crippen molar-refractivity contribution in [1.29, 1.82) is 0 Å². The van der Waals surface area contributed by atoms with Crippen LogP contribution in [0.4, 0.5) is 5.69 Å². The van der Waals surface area contributed by atoms with Crippen LogP contribution in [0.1, 0.15) is 19.8 Å². The summed E-state index contributed by atoms with van der Waals surface area (Å²) in [4.78, 5) is 0. The normalized spacial score (nSPS) is 19.6. The average Bonchev–Trinajstić information content (AvgIpc) is 2.41. The molecular weight excluding hydrogens is 248 g/mol. The van der Waals surface area contributed by atoms with Gasteiger partial charge in [-0.25, -0.2) is 0 Å². The zero-order valence-corrected chi connectivity index (χ0v) is 11.6. The Balaban J connectivity index is 1.87. The van der Waals surface area contributed by atoms with Crippen molar-refractivity contribution in [3.8, 4) is 5.75 Å². The quantitative estimate of drug-likeness (QED) is 0.861. The Morgan fingerprint density at radius 1 is 1.50 bits per heavy atom. The van der Waals surface area contributed by atoms with Crippen LogP contribution in [0.5, 0.6) is 5.75 Å². The third-order valence-electron chi connectivity index (χ3n) is 3.23. The summed E-state index contributed by atoms with van der Waals surface area (Å²) in [7, 11) is 0. The lowest BCUT2D eigenvalue weighted by atomic mass is 10.00. The van der Waals surface area contributed by atoms with E-state index >= 15 is 0 Å². The van der Waals surface area contributed by atoms with Gasteiger partial charge in [0.15, 0.2) is 0 Å². The average molecular weight is 269 g/mol. The molecule has 18 heavy (non-hydrogen) atoms. The van der Waals surface area contributed by atoms with Crippen molar-refractivity contribution in [2.75, 3.05) is 31.6 Å². The van der Waals surface area contributed by atoms with E-state index in [1.807, 2.05) is 25.1 Å². The molecular formula is C14H21ClN2O. The van der Waals surface area contributed by atoms with Crippen molar-refractivity contribution in [3.63, 3.8) is 0 Å². The van der Waals surface area contributed by atoms with Gasteiger partial charge in [0.05, 0.1) is 11.6 Å². The SMILES string of the molecule is CCOc1ccc(NCC2CCCNC2)cc1Cl. The first-order valence-electron chi connectivity index (χ1n) is 6.66. The number of piperidine rings is 1. The van der Waals surface area contributed by atoms with Gasteiger partial charge in [-0.1, -0.05) is 11.6 Å². The summed E-state index contributed by atoms with van der Waals surface area (Å²) in [6, 6.07) is 5.88. The Hall–Kier alpha value is -0.930. The van der Waals surface area contributed by atoms with Gasteiger partial charge in [-0.3, -0.25) is 0 Å². The van der Waals surface area contributed by atoms with Gasteiger partial charge in [0.1, 0.15) is 5.75 Å². The number of nitrogens with one attached hydrogen (secondary N) is 2. The first-order valence-corrected chi connectivity index (χ1v) is 7.04. The zero-order valence-electron chi connectivity index (χ0n) is 10.8. The standard InChI is InChI=1S/C14H21ClN2O/c1-2-18-14-6-5-12(8-13(14)15)17-10-11-4-3-7-16-9-11/h5-6,8,11,16-17H,2-4,7,9-10H2,1H3. The van der Waals surface area contributed by atoms with Gasteiger partial charge in [0.25, 0.3) is 0 Å². The van der Waals surface area contributed by atoms with Crippen LogP contribution in [0.25, 0.3) is 0 Å². The molecule has 1 fully saturated rings. The lowest BCUT2D eigenvalue weighted by Crippen LogP contribution is -2.33. The van der Waals surface area contributed by atoms with E-state index in [-0.39, 0.29) is 0 Å². The predicted molar refractivity (Wildman–Crippen MR) is 76.7 cm³/mol. The Bertz CT molecular complexity index is 378. The molecule has 0 aliphatic carbocycles. The van der Waals surface area contributed by atoms with Crippen LogP contribution in [-0.2, 0) is 0 Å². The van der Waals surface area contributed by atoms with Gasteiger partial charge in [-0.2, -0.15) is 0 Å². The number of anilines is 1. The molecule has 1 unspecified atom stereocenters. The van der Waals surface area contributed by atoms with Crippen LogP contribution in [-0.4, -0.2) is 26.2 Å². The van der Waals surface area contributed by atoms with Crippen molar-refractivity contribution < 1.29 is 4.74 Å². The summed E-state index contributed by atoms with van der Waals surface area (Å²) < 4.78 is 5.42. The minimum absolute atomic E-state index is 0.639. The molecule has 1 aliphatic heterocycles. The second-order valence-electron chi connectivity index (χ2n) is 4.67. The Morgan fingerprint density at radius 2 is 2.39 bits per heavy atom. The molecule has 1 aromatic carbocycles. The molecule has 100 valence electrons. The Labute approximate surface area is 114 Å². The lowest BCUT2D eigenvalue weighted by molar-refractivity contribution is 0.340. The van der Waals surface area contributed by atoms with Gasteiger partial charge in [0.2, 0.25) is 0 Å². The maximum absolute atomic E-state index is 6.15. The number of hydrogen-bond acceptors (Lipinski definition) is 3. The van der Waals surface area contributed by atoms with Gasteiger partial charge >= 0.3 is 0 Å². The molecule has 0 radical (unpaired) electrons. The molecule has 0 aromatic heterocycles. The second-order valence-corrected chi connectivity index (χ2v) is 5.08. The summed E-state index contributed by atoms with van der Waals surface area (Å²) in [6.45, 7) is 5.86. The maximum atomic E-state index is 6.15. The summed E-state index contributed by atoms with van der Waals surface area (Å²) in [5, 5.41) is 7.54. The lowest BCUT2D eigenvalue weighted by Gasteiger charge is -2.23. The topological polar surface area (TPSA) is 33.3 Å². The van der Waals surface area contributed by atoms with E-state index < -0.39 is 0 Å². The number of benzene rings is 1. The van der Waals surface area contributed by atoms with E-state index in [0.717, 1.165) is 31.1 Å². The van der Waals surface area contributed by atoms with E-state index in [1.165, 1.54) is 12.8 Å². The number of halogens is 1. The molecule has 1 heterocycles. The number of rotatable bonds is 5. The third kappa shape index (κ3) is 3.79. The summed E-state index contributed by atoms with van der Waals surface area (Å²) in [5.74, 6) is 1.47. The maximum Gasteiger partial charge on any atom is 0.138 e. The van der Waals surface area contributed by atoms with Crippen molar-refractivity contribution >= 4 is 17.3 Å². The molecule has 2 N–H and O–H groups in total. The first kappa shape index (κ1) is 13.5. The van der Waals surface area contributed by atoms with E-state index in [1.54, 1.807) is 0 Å². The van der Waals surface area contributed by atoms with Crippen LogP contribution < -0.4 is 15.4 Å². The van der Waals surface area contributed by atoms with Crippen molar-refractivity contribution in [2.45, 2.75) is 19.8 Å². The molecule has 1 aromatic rings. The molecule has 1 atom stereocenters. The van der Waals surface area contributed by atoms with Gasteiger partial charge in [-0.15, -0.1) is 0 Å². The Morgan fingerprint density at radius 3 is 3.06 bits per heavy atom. The van der Waals surface area contributed by atoms with E-state index in [0.29, 0.717) is 17.5 Å². The molecule has 3 nitrogen and oxygen atoms in total. The van der Waals surface area contributed by atoms with Gasteiger partial charge in [0, 0.05) is 12.2 Å². The largest absolute Gasteiger partial charge is 0.492 e. The van der Waals surface area contributed by atoms with Gasteiger partial charge in [-0.05, 0) is 57.0 Å². The summed E-state index contributed by atoms with van der Waals surface area (Å²) in [6.07, 6.45) is 2.57. The fourth-order valence-corrected chi connectivity index (χ4v) is 2.48. The predicted octanol–water partition coefficient (Wildman–Crippen LogP) is 3.15. The Kier molecular flexibility index (Phi) is 5.14. The number of hydrogen-bond donors (Lipinski definition) is 2. The van der Waals surface area contributed by atoms with Crippen LogP contribution in [0.3, 0.4) is 0 Å². The highest BCUT2D eigenvalue weighted by atomic mass is 35.5. The van der Waals surface area contributed by atoms with Crippen LogP contribution in [0.15, 0.2) is 18.2 Å². The molecule has 4 heteroatoms. The molecule has 0 saturated carbocycles. The first-order chi connectivity index (χ1) is 8.79. The summed E-state index contributed by atoms with van der Waals surface area (Å²) in [5.41, 5.74) is 1.06. The monoisotopic (exact) mass is 268 g/mol. The highest BCUT2D eigenvalue weighted by Crippen LogP contribution is 2.27. The van der Waals surface area contributed by atoms with Crippen molar-refractivity contribution in [1.82, 2.24) is 5.32 Å². The molecule has 1 aliphatic rings. The minimum Gasteiger partial charge on any atom is -0.492 e. The zero-order chi connectivity index (χ0) is 12.8. The summed E-state index contributed by atoms with van der Waals surface area (Å²) >= 11 is 6.15. The van der Waals surface area contributed by atoms with E-state index in [4.69, 9.17) is 16.3 Å². The molecule has 0 bridgehead atoms. The molecule has 0 spiro atoms.